The maximum atomic E-state index is 12.1. The highest BCUT2D eigenvalue weighted by atomic mass is 35.5. The van der Waals surface area contributed by atoms with E-state index in [2.05, 4.69) is 20.7 Å². The number of nitrogens with one attached hydrogen (secondary N) is 2. The third-order valence-electron chi connectivity index (χ3n) is 3.16. The summed E-state index contributed by atoms with van der Waals surface area (Å²) in [6.45, 7) is 0. The Kier molecular flexibility index (Phi) is 4.93. The first kappa shape index (κ1) is 16.2. The number of nitrogens with zero attached hydrogens (tertiary/aromatic N) is 2. The molecule has 0 spiro atoms. The van der Waals surface area contributed by atoms with Crippen molar-refractivity contribution in [1.29, 1.82) is 0 Å². The van der Waals surface area contributed by atoms with Gasteiger partial charge < -0.3 is 4.74 Å². The number of carbonyl (C=O) groups is 1. The second kappa shape index (κ2) is 7.29. The molecule has 2 aromatic heterocycles. The summed E-state index contributed by atoms with van der Waals surface area (Å²) >= 11 is 7.31. The van der Waals surface area contributed by atoms with Crippen molar-refractivity contribution in [2.45, 2.75) is 0 Å². The lowest BCUT2D eigenvalue weighted by Gasteiger charge is -2.02. The summed E-state index contributed by atoms with van der Waals surface area (Å²) in [6, 6.07) is 12.7. The number of benzene rings is 1. The van der Waals surface area contributed by atoms with Gasteiger partial charge in [0, 0.05) is 5.56 Å². The van der Waals surface area contributed by atoms with Crippen molar-refractivity contribution in [2.24, 2.45) is 5.10 Å². The molecule has 1 aromatic carbocycles. The van der Waals surface area contributed by atoms with Crippen LogP contribution in [0.5, 0.6) is 5.75 Å². The van der Waals surface area contributed by atoms with Gasteiger partial charge in [0.15, 0.2) is 5.69 Å². The maximum Gasteiger partial charge on any atom is 0.291 e. The van der Waals surface area contributed by atoms with Crippen LogP contribution in [-0.4, -0.2) is 29.4 Å². The number of carbonyl (C=O) groups excluding carboxylic acids is 1. The van der Waals surface area contributed by atoms with Crippen molar-refractivity contribution in [3.05, 3.63) is 58.1 Å². The summed E-state index contributed by atoms with van der Waals surface area (Å²) in [5, 5.41) is 10.7. The third-order valence-corrected chi connectivity index (χ3v) is 4.42. The van der Waals surface area contributed by atoms with Gasteiger partial charge in [0.25, 0.3) is 5.91 Å². The van der Waals surface area contributed by atoms with Crippen LogP contribution in [0.3, 0.4) is 0 Å². The normalized spacial score (nSPS) is 10.9. The highest BCUT2D eigenvalue weighted by Gasteiger charge is 2.12. The smallest absolute Gasteiger partial charge is 0.291 e. The highest BCUT2D eigenvalue weighted by molar-refractivity contribution is 7.19. The van der Waals surface area contributed by atoms with Crippen LogP contribution < -0.4 is 10.2 Å². The quantitative estimate of drug-likeness (QED) is 0.539. The number of amides is 1. The number of aromatic amines is 1. The first-order valence-electron chi connectivity index (χ1n) is 6.95. The molecule has 0 aliphatic rings. The van der Waals surface area contributed by atoms with Gasteiger partial charge in [0.1, 0.15) is 5.75 Å². The molecule has 2 heterocycles. The number of methoxy groups -OCH3 is 1. The Hall–Kier alpha value is -2.64. The van der Waals surface area contributed by atoms with Gasteiger partial charge >= 0.3 is 0 Å². The van der Waals surface area contributed by atoms with E-state index >= 15 is 0 Å². The molecule has 0 fully saturated rings. The molecule has 0 bridgehead atoms. The van der Waals surface area contributed by atoms with Crippen molar-refractivity contribution < 1.29 is 9.53 Å². The maximum absolute atomic E-state index is 12.1. The number of halogens is 1. The third kappa shape index (κ3) is 3.64. The molecule has 2 N–H and O–H groups in total. The number of thiophene rings is 1. The number of aromatic nitrogens is 2. The first-order valence-corrected chi connectivity index (χ1v) is 8.14. The van der Waals surface area contributed by atoms with E-state index in [9.17, 15) is 4.79 Å². The Balaban J connectivity index is 1.67. The standard InChI is InChI=1S/C16H13ClN4O2S/c1-23-13-5-3-2-4-10(13)9-18-21-16(22)12-8-11(19-20-12)14-6-7-15(17)24-14/h2-9H,1H3,(H,19,20)(H,21,22). The molecule has 0 aliphatic heterocycles. The minimum Gasteiger partial charge on any atom is -0.496 e. The van der Waals surface area contributed by atoms with Gasteiger partial charge in [-0.05, 0) is 30.3 Å². The van der Waals surface area contributed by atoms with Crippen molar-refractivity contribution in [2.75, 3.05) is 7.11 Å². The predicted octanol–water partition coefficient (Wildman–Crippen LogP) is 3.56. The Morgan fingerprint density at radius 3 is 2.96 bits per heavy atom. The molecule has 3 rings (SSSR count). The zero-order chi connectivity index (χ0) is 16.9. The van der Waals surface area contributed by atoms with E-state index in [-0.39, 0.29) is 5.69 Å². The van der Waals surface area contributed by atoms with E-state index in [4.69, 9.17) is 16.3 Å². The summed E-state index contributed by atoms with van der Waals surface area (Å²) in [7, 11) is 1.58. The topological polar surface area (TPSA) is 79.4 Å². The summed E-state index contributed by atoms with van der Waals surface area (Å²) in [4.78, 5) is 13.0. The van der Waals surface area contributed by atoms with Gasteiger partial charge in [-0.3, -0.25) is 9.89 Å². The van der Waals surface area contributed by atoms with Crippen LogP contribution in [-0.2, 0) is 0 Å². The number of para-hydroxylation sites is 1. The summed E-state index contributed by atoms with van der Waals surface area (Å²) in [6.07, 6.45) is 1.52. The first-order chi connectivity index (χ1) is 11.7. The Bertz CT molecular complexity index is 888. The minimum absolute atomic E-state index is 0.242. The van der Waals surface area contributed by atoms with Gasteiger partial charge in [0.05, 0.1) is 28.2 Å². The fraction of sp³-hybridized carbons (Fsp3) is 0.0625. The van der Waals surface area contributed by atoms with Crippen molar-refractivity contribution in [3.63, 3.8) is 0 Å². The zero-order valence-electron chi connectivity index (χ0n) is 12.6. The van der Waals surface area contributed by atoms with E-state index < -0.39 is 5.91 Å². The van der Waals surface area contributed by atoms with Gasteiger partial charge in [-0.25, -0.2) is 5.43 Å². The zero-order valence-corrected chi connectivity index (χ0v) is 14.2. The Morgan fingerprint density at radius 2 is 2.21 bits per heavy atom. The van der Waals surface area contributed by atoms with Crippen LogP contribution in [0.25, 0.3) is 10.6 Å². The second-order valence-electron chi connectivity index (χ2n) is 4.71. The number of hydrogen-bond donors (Lipinski definition) is 2. The molecule has 0 saturated carbocycles. The Labute approximate surface area is 147 Å². The van der Waals surface area contributed by atoms with Crippen LogP contribution in [0.1, 0.15) is 16.1 Å². The fourth-order valence-electron chi connectivity index (χ4n) is 2.01. The van der Waals surface area contributed by atoms with Crippen molar-refractivity contribution >= 4 is 35.1 Å². The van der Waals surface area contributed by atoms with E-state index in [0.717, 1.165) is 16.1 Å². The van der Waals surface area contributed by atoms with Crippen LogP contribution >= 0.6 is 22.9 Å². The molecule has 8 heteroatoms. The summed E-state index contributed by atoms with van der Waals surface area (Å²) < 4.78 is 5.88. The lowest BCUT2D eigenvalue weighted by Crippen LogP contribution is -2.18. The summed E-state index contributed by atoms with van der Waals surface area (Å²) in [5.41, 5.74) is 4.17. The molecule has 0 radical (unpaired) electrons. The van der Waals surface area contributed by atoms with Crippen LogP contribution in [0.4, 0.5) is 0 Å². The molecule has 0 saturated heterocycles. The lowest BCUT2D eigenvalue weighted by atomic mass is 10.2. The van der Waals surface area contributed by atoms with Gasteiger partial charge in [0.2, 0.25) is 0 Å². The van der Waals surface area contributed by atoms with E-state index in [1.807, 2.05) is 30.3 Å². The largest absolute Gasteiger partial charge is 0.496 e. The average Bonchev–Trinajstić information content (AvgIpc) is 3.24. The predicted molar refractivity (Wildman–Crippen MR) is 95.0 cm³/mol. The highest BCUT2D eigenvalue weighted by Crippen LogP contribution is 2.29. The van der Waals surface area contributed by atoms with E-state index in [0.29, 0.717) is 10.1 Å². The fourth-order valence-corrected chi connectivity index (χ4v) is 3.02. The monoisotopic (exact) mass is 360 g/mol. The van der Waals surface area contributed by atoms with Gasteiger partial charge in [-0.1, -0.05) is 23.7 Å². The summed E-state index contributed by atoms with van der Waals surface area (Å²) in [5.74, 6) is 0.262. The molecule has 0 aliphatic carbocycles. The number of rotatable bonds is 5. The van der Waals surface area contributed by atoms with Crippen molar-refractivity contribution in [1.82, 2.24) is 15.6 Å². The molecule has 24 heavy (non-hydrogen) atoms. The molecule has 0 unspecified atom stereocenters. The van der Waals surface area contributed by atoms with E-state index in [1.165, 1.54) is 17.6 Å². The minimum atomic E-state index is -0.411. The lowest BCUT2D eigenvalue weighted by molar-refractivity contribution is 0.0950. The van der Waals surface area contributed by atoms with Gasteiger partial charge in [-0.2, -0.15) is 10.2 Å². The molecule has 122 valence electrons. The number of hydrogen-bond acceptors (Lipinski definition) is 5. The number of H-pyrrole nitrogens is 1. The molecule has 0 atom stereocenters. The van der Waals surface area contributed by atoms with E-state index in [1.54, 1.807) is 19.2 Å². The molecule has 1 amide bonds. The van der Waals surface area contributed by atoms with Crippen LogP contribution in [0, 0.1) is 0 Å². The van der Waals surface area contributed by atoms with Crippen molar-refractivity contribution in [3.8, 4) is 16.3 Å². The van der Waals surface area contributed by atoms with Crippen LogP contribution in [0.15, 0.2) is 47.6 Å². The number of hydrazone groups is 1. The number of ether oxygens (including phenoxy) is 1. The average molecular weight is 361 g/mol. The molecular weight excluding hydrogens is 348 g/mol. The second-order valence-corrected chi connectivity index (χ2v) is 6.43. The molecule has 3 aromatic rings. The van der Waals surface area contributed by atoms with Crippen LogP contribution in [0.2, 0.25) is 4.34 Å². The molecular formula is C16H13ClN4O2S. The molecule has 6 nitrogen and oxygen atoms in total. The SMILES string of the molecule is COc1ccccc1C=NNC(=O)c1cc(-c2ccc(Cl)s2)[nH]n1. The Morgan fingerprint density at radius 1 is 1.38 bits per heavy atom. The van der Waals surface area contributed by atoms with Gasteiger partial charge in [-0.15, -0.1) is 11.3 Å².